The minimum Gasteiger partial charge on any atom is -0.265 e. The summed E-state index contributed by atoms with van der Waals surface area (Å²) in [6.45, 7) is 0. The zero-order chi connectivity index (χ0) is 49.4. The highest BCUT2D eigenvalue weighted by molar-refractivity contribution is 5.63. The maximum absolute atomic E-state index is 4.22. The van der Waals surface area contributed by atoms with Crippen LogP contribution in [0.15, 0.2) is 294 Å². The van der Waals surface area contributed by atoms with Crippen molar-refractivity contribution >= 4 is 0 Å². The van der Waals surface area contributed by atoms with Crippen molar-refractivity contribution in [2.24, 2.45) is 0 Å². The summed E-state index contributed by atoms with van der Waals surface area (Å²) in [5.41, 5.74) is 12.8. The van der Waals surface area contributed by atoms with Crippen LogP contribution in [0.2, 0.25) is 0 Å². The maximum atomic E-state index is 4.22. The molecule has 72 heavy (non-hydrogen) atoms. The lowest BCUT2D eigenvalue weighted by Gasteiger charge is -1.97. The van der Waals surface area contributed by atoms with Crippen LogP contribution in [0.25, 0.3) is 67.3 Å². The molecule has 12 aromatic heterocycles. The van der Waals surface area contributed by atoms with Gasteiger partial charge in [0.1, 0.15) is 0 Å². The van der Waals surface area contributed by atoms with Crippen LogP contribution in [0.5, 0.6) is 0 Å². The molecule has 0 aromatic carbocycles. The summed E-state index contributed by atoms with van der Waals surface area (Å²) in [7, 11) is 0. The van der Waals surface area contributed by atoms with Crippen LogP contribution >= 0.6 is 0 Å². The molecule has 0 spiro atoms. The summed E-state index contributed by atoms with van der Waals surface area (Å²) >= 11 is 0. The second kappa shape index (κ2) is 29.5. The predicted molar refractivity (Wildman–Crippen MR) is 285 cm³/mol. The van der Waals surface area contributed by atoms with Crippen LogP contribution in [-0.2, 0) is 0 Å². The highest BCUT2D eigenvalue weighted by Gasteiger charge is 1.99. The molecule has 0 saturated carbocycles. The molecular formula is C60H48N12. The number of hydrogen-bond donors (Lipinski definition) is 0. The standard InChI is InChI=1S/6C10H8N2/c1-5-11-6-2-9(1)10-3-7-12-8-4-10;1-3-9(7-11-5-1)10-4-2-6-12-8-10;1-3-7-11-9(5-1)10-6-2-4-8-12-10;1-2-10(8-12-5-1)9-3-6-11-7-4-9;1-2-7-12-10(5-1)9-4-3-6-11-8-9;1-2-6-12-10(3-1)9-4-7-11-8-5-9/h6*1-8H. The third-order valence-corrected chi connectivity index (χ3v) is 9.88. The second-order valence-electron chi connectivity index (χ2n) is 14.8. The quantitative estimate of drug-likeness (QED) is 0.156. The fraction of sp³-hybridized carbons (Fsp3) is 0. The first kappa shape index (κ1) is 49.7. The topological polar surface area (TPSA) is 155 Å². The number of rotatable bonds is 6. The molecule has 0 bridgehead atoms. The average molecular weight is 937 g/mol. The van der Waals surface area contributed by atoms with E-state index in [0.717, 1.165) is 56.2 Å². The van der Waals surface area contributed by atoms with Gasteiger partial charge in [0, 0.05) is 152 Å². The zero-order valence-corrected chi connectivity index (χ0v) is 39.1. The van der Waals surface area contributed by atoms with Crippen molar-refractivity contribution in [2.75, 3.05) is 0 Å². The van der Waals surface area contributed by atoms with Gasteiger partial charge in [-0.05, 0) is 144 Å². The van der Waals surface area contributed by atoms with Crippen molar-refractivity contribution in [1.29, 1.82) is 0 Å². The Morgan fingerprint density at radius 3 is 0.708 bits per heavy atom. The molecule has 0 aliphatic carbocycles. The SMILES string of the molecule is c1cc(-c2ccncc2)ccn1.c1ccc(-c2ccccn2)nc1.c1ccc(-c2cccnc2)nc1.c1ccc(-c2ccncc2)nc1.c1cncc(-c2cccnc2)c1.c1cncc(-c2ccncc2)c1. The first-order chi connectivity index (χ1) is 35.8. The van der Waals surface area contributed by atoms with Crippen molar-refractivity contribution in [2.45, 2.75) is 0 Å². The Morgan fingerprint density at radius 1 is 0.153 bits per heavy atom. The molecule has 12 heterocycles. The Hall–Kier alpha value is -10.2. The molecule has 0 aliphatic heterocycles. The van der Waals surface area contributed by atoms with E-state index in [2.05, 4.69) is 59.8 Å². The van der Waals surface area contributed by atoms with E-state index in [0.29, 0.717) is 0 Å². The monoisotopic (exact) mass is 936 g/mol. The van der Waals surface area contributed by atoms with Gasteiger partial charge in [0.05, 0.1) is 22.8 Å². The van der Waals surface area contributed by atoms with Gasteiger partial charge in [-0.15, -0.1) is 0 Å². The molecule has 0 unspecified atom stereocenters. The van der Waals surface area contributed by atoms with Crippen LogP contribution < -0.4 is 0 Å². The van der Waals surface area contributed by atoms with E-state index in [-0.39, 0.29) is 0 Å². The number of nitrogens with zero attached hydrogens (tertiary/aromatic N) is 12. The van der Waals surface area contributed by atoms with Crippen LogP contribution in [0.1, 0.15) is 0 Å². The van der Waals surface area contributed by atoms with Gasteiger partial charge >= 0.3 is 0 Å². The Bertz CT molecular complexity index is 2410. The van der Waals surface area contributed by atoms with Crippen molar-refractivity contribution in [3.63, 3.8) is 0 Å². The van der Waals surface area contributed by atoms with Gasteiger partial charge in [-0.1, -0.05) is 42.5 Å². The number of hydrogen-bond acceptors (Lipinski definition) is 12. The molecule has 12 nitrogen and oxygen atoms in total. The van der Waals surface area contributed by atoms with Gasteiger partial charge in [0.15, 0.2) is 0 Å². The second-order valence-corrected chi connectivity index (χ2v) is 14.8. The van der Waals surface area contributed by atoms with Crippen molar-refractivity contribution < 1.29 is 0 Å². The van der Waals surface area contributed by atoms with E-state index in [9.17, 15) is 0 Å². The maximum Gasteiger partial charge on any atom is 0.0886 e. The fourth-order valence-corrected chi connectivity index (χ4v) is 6.37. The Morgan fingerprint density at radius 2 is 0.417 bits per heavy atom. The van der Waals surface area contributed by atoms with Gasteiger partial charge < -0.3 is 0 Å². The van der Waals surface area contributed by atoms with Gasteiger partial charge in [-0.3, -0.25) is 59.8 Å². The number of pyridine rings is 12. The van der Waals surface area contributed by atoms with E-state index in [1.807, 2.05) is 195 Å². The van der Waals surface area contributed by atoms with Gasteiger partial charge in [0.2, 0.25) is 0 Å². The smallest absolute Gasteiger partial charge is 0.0886 e. The van der Waals surface area contributed by atoms with Crippen LogP contribution in [0, 0.1) is 0 Å². The highest BCUT2D eigenvalue weighted by Crippen LogP contribution is 2.18. The van der Waals surface area contributed by atoms with Crippen LogP contribution in [-0.4, -0.2) is 59.8 Å². The van der Waals surface area contributed by atoms with Crippen LogP contribution in [0.3, 0.4) is 0 Å². The minimum atomic E-state index is 0.915. The Labute approximate surface area is 419 Å². The molecule has 0 radical (unpaired) electrons. The molecule has 0 aliphatic rings. The molecule has 12 aromatic rings. The van der Waals surface area contributed by atoms with Crippen LogP contribution in [0.4, 0.5) is 0 Å². The van der Waals surface area contributed by atoms with Gasteiger partial charge in [-0.2, -0.15) is 0 Å². The minimum absolute atomic E-state index is 0.915. The highest BCUT2D eigenvalue weighted by atomic mass is 14.8. The van der Waals surface area contributed by atoms with E-state index in [4.69, 9.17) is 0 Å². The van der Waals surface area contributed by atoms with Gasteiger partial charge in [-0.25, -0.2) is 0 Å². The lowest BCUT2D eigenvalue weighted by atomic mass is 10.1. The van der Waals surface area contributed by atoms with E-state index in [1.165, 1.54) is 11.1 Å². The van der Waals surface area contributed by atoms with Crippen molar-refractivity contribution in [1.82, 2.24) is 59.8 Å². The predicted octanol–water partition coefficient (Wildman–Crippen LogP) is 12.9. The van der Waals surface area contributed by atoms with Gasteiger partial charge in [0.25, 0.3) is 0 Å². The first-order valence-corrected chi connectivity index (χ1v) is 22.7. The molecule has 12 heteroatoms. The lowest BCUT2D eigenvalue weighted by Crippen LogP contribution is -1.83. The zero-order valence-electron chi connectivity index (χ0n) is 39.1. The number of aromatic nitrogens is 12. The summed E-state index contributed by atoms with van der Waals surface area (Å²) in [5, 5.41) is 0. The average Bonchev–Trinajstić information content (AvgIpc) is 3.51. The van der Waals surface area contributed by atoms with Crippen molar-refractivity contribution in [3.8, 4) is 67.3 Å². The summed E-state index contributed by atoms with van der Waals surface area (Å²) < 4.78 is 0. The largest absolute Gasteiger partial charge is 0.265 e. The Balaban J connectivity index is 0.000000127. The van der Waals surface area contributed by atoms with Crippen molar-refractivity contribution in [3.05, 3.63) is 294 Å². The molecule has 0 fully saturated rings. The summed E-state index contributed by atoms with van der Waals surface area (Å²) in [5.74, 6) is 0. The summed E-state index contributed by atoms with van der Waals surface area (Å²) in [6.07, 6.45) is 35.7. The summed E-state index contributed by atoms with van der Waals surface area (Å²) in [4.78, 5) is 48.7. The Kier molecular flexibility index (Phi) is 20.4. The molecule has 0 N–H and O–H groups in total. The molecule has 0 atom stereocenters. The third-order valence-electron chi connectivity index (χ3n) is 9.88. The van der Waals surface area contributed by atoms with E-state index < -0.39 is 0 Å². The summed E-state index contributed by atoms with van der Waals surface area (Å²) in [6, 6.07) is 54.8. The molecular weight excluding hydrogens is 889 g/mol. The third kappa shape index (κ3) is 17.1. The molecule has 12 rings (SSSR count). The molecule has 0 amide bonds. The lowest BCUT2D eigenvalue weighted by molar-refractivity contribution is 1.25. The van der Waals surface area contributed by atoms with E-state index >= 15 is 0 Å². The first-order valence-electron chi connectivity index (χ1n) is 22.7. The van der Waals surface area contributed by atoms with E-state index in [1.54, 1.807) is 99.1 Å². The normalized spacial score (nSPS) is 9.67. The molecule has 348 valence electrons. The molecule has 0 saturated heterocycles. The fourth-order valence-electron chi connectivity index (χ4n) is 6.37.